The number of rotatable bonds is 8. The Hall–Kier alpha value is 1.32. The molecule has 0 aliphatic heterocycles. The van der Waals surface area contributed by atoms with Gasteiger partial charge in [0, 0.05) is 22.0 Å². The summed E-state index contributed by atoms with van der Waals surface area (Å²) in [7, 11) is 0. The van der Waals surface area contributed by atoms with E-state index in [1.165, 1.54) is 0 Å². The lowest BCUT2D eigenvalue weighted by Crippen LogP contribution is -2.10. The Balaban J connectivity index is 0. The van der Waals surface area contributed by atoms with Crippen LogP contribution in [-0.4, -0.2) is 70.5 Å². The summed E-state index contributed by atoms with van der Waals surface area (Å²) in [6.45, 7) is 0.615. The number of hydrogen-bond acceptors (Lipinski definition) is 6. The van der Waals surface area contributed by atoms with E-state index in [4.69, 9.17) is 10.2 Å². The summed E-state index contributed by atoms with van der Waals surface area (Å²) in [5.41, 5.74) is 0. The zero-order chi connectivity index (χ0) is 12.8. The summed E-state index contributed by atoms with van der Waals surface area (Å²) in [6, 6.07) is 0. The van der Waals surface area contributed by atoms with E-state index in [-0.39, 0.29) is 0 Å². The van der Waals surface area contributed by atoms with E-state index in [0.717, 1.165) is 11.5 Å². The van der Waals surface area contributed by atoms with E-state index >= 15 is 0 Å². The van der Waals surface area contributed by atoms with Crippen molar-refractivity contribution in [2.75, 3.05) is 49.7 Å². The molecule has 0 heterocycles. The number of aliphatic hydroxyl groups excluding tert-OH is 2. The summed E-state index contributed by atoms with van der Waals surface area (Å²) in [5, 5.41) is 18.1. The second-order valence-corrected chi connectivity index (χ2v) is 7.09. The molecule has 0 aliphatic carbocycles. The molecular formula is C10H24O2S4. The van der Waals surface area contributed by atoms with E-state index in [0.29, 0.717) is 23.7 Å². The van der Waals surface area contributed by atoms with Crippen LogP contribution in [0.1, 0.15) is 0 Å². The summed E-state index contributed by atoms with van der Waals surface area (Å²) in [6.07, 6.45) is 8.16. The van der Waals surface area contributed by atoms with E-state index in [2.05, 4.69) is 12.5 Å². The highest BCUT2D eigenvalue weighted by Gasteiger charge is 2.01. The molecule has 0 bridgehead atoms. The van der Waals surface area contributed by atoms with Crippen LogP contribution >= 0.6 is 47.0 Å². The molecule has 16 heavy (non-hydrogen) atoms. The van der Waals surface area contributed by atoms with Gasteiger partial charge in [-0.2, -0.15) is 47.0 Å². The monoisotopic (exact) mass is 304 g/mol. The van der Waals surface area contributed by atoms with Crippen LogP contribution in [0.3, 0.4) is 0 Å². The van der Waals surface area contributed by atoms with Crippen molar-refractivity contribution < 1.29 is 10.2 Å². The van der Waals surface area contributed by atoms with Crippen LogP contribution in [0, 0.1) is 0 Å². The van der Waals surface area contributed by atoms with Crippen LogP contribution in [0.4, 0.5) is 0 Å². The van der Waals surface area contributed by atoms with Crippen molar-refractivity contribution in [3.63, 3.8) is 0 Å². The Labute approximate surface area is 117 Å². The van der Waals surface area contributed by atoms with Gasteiger partial charge >= 0.3 is 0 Å². The highest BCUT2D eigenvalue weighted by atomic mass is 32.2. The van der Waals surface area contributed by atoms with Crippen molar-refractivity contribution in [1.29, 1.82) is 0 Å². The minimum Gasteiger partial charge on any atom is -0.395 e. The molecule has 0 fully saturated rings. The molecule has 2 nitrogen and oxygen atoms in total. The van der Waals surface area contributed by atoms with Gasteiger partial charge in [-0.15, -0.1) is 0 Å². The molecule has 0 radical (unpaired) electrons. The van der Waals surface area contributed by atoms with Gasteiger partial charge in [0.15, 0.2) is 0 Å². The van der Waals surface area contributed by atoms with Crippen molar-refractivity contribution in [1.82, 2.24) is 0 Å². The zero-order valence-electron chi connectivity index (χ0n) is 10.5. The molecule has 0 aliphatic rings. The van der Waals surface area contributed by atoms with Crippen LogP contribution in [0.25, 0.3) is 0 Å². The summed E-state index contributed by atoms with van der Waals surface area (Å²) in [4.78, 5) is 0. The first-order chi connectivity index (χ1) is 7.69. The van der Waals surface area contributed by atoms with Gasteiger partial charge in [0.05, 0.1) is 13.2 Å². The molecule has 0 aromatic heterocycles. The molecular weight excluding hydrogens is 280 g/mol. The highest BCUT2D eigenvalue weighted by molar-refractivity contribution is 8.03. The van der Waals surface area contributed by atoms with Crippen molar-refractivity contribution >= 4 is 47.0 Å². The molecule has 2 atom stereocenters. The maximum absolute atomic E-state index is 8.62. The van der Waals surface area contributed by atoms with Gasteiger partial charge in [0.1, 0.15) is 0 Å². The fraction of sp³-hybridized carbons (Fsp3) is 1.00. The minimum atomic E-state index is 0.308. The molecule has 6 heteroatoms. The van der Waals surface area contributed by atoms with Crippen LogP contribution in [-0.2, 0) is 0 Å². The SMILES string of the molecule is CSC[C@@H](CO)SC.CSC[C@H](CO)SC. The molecule has 100 valence electrons. The first kappa shape index (κ1) is 19.7. The minimum absolute atomic E-state index is 0.308. The van der Waals surface area contributed by atoms with Crippen LogP contribution in [0.15, 0.2) is 0 Å². The molecule has 0 spiro atoms. The summed E-state index contributed by atoms with van der Waals surface area (Å²) in [5.74, 6) is 2.11. The molecule has 0 saturated carbocycles. The normalized spacial score (nSPS) is 13.9. The first-order valence-corrected chi connectivity index (χ1v) is 10.3. The van der Waals surface area contributed by atoms with Crippen molar-refractivity contribution in [3.05, 3.63) is 0 Å². The lowest BCUT2D eigenvalue weighted by Gasteiger charge is -2.06. The average Bonchev–Trinajstić information content (AvgIpc) is 2.33. The van der Waals surface area contributed by atoms with E-state index in [1.54, 1.807) is 47.0 Å². The molecule has 0 rings (SSSR count). The van der Waals surface area contributed by atoms with E-state index < -0.39 is 0 Å². The summed E-state index contributed by atoms with van der Waals surface area (Å²) >= 11 is 7.00. The first-order valence-electron chi connectivity index (χ1n) is 4.95. The Morgan fingerprint density at radius 2 is 1.06 bits per heavy atom. The number of hydrogen-bond donors (Lipinski definition) is 2. The molecule has 0 saturated heterocycles. The second-order valence-electron chi connectivity index (χ2n) is 2.99. The Morgan fingerprint density at radius 1 is 0.750 bits per heavy atom. The van der Waals surface area contributed by atoms with Gasteiger partial charge in [-0.25, -0.2) is 0 Å². The smallest absolute Gasteiger partial charge is 0.0557 e. The fourth-order valence-corrected chi connectivity index (χ4v) is 3.92. The topological polar surface area (TPSA) is 40.5 Å². The van der Waals surface area contributed by atoms with Gasteiger partial charge < -0.3 is 10.2 Å². The Kier molecular flexibility index (Phi) is 20.0. The standard InChI is InChI=1S/2C5H12OS2/c2*1-7-4-5(3-6)8-2/h2*5-6H,3-4H2,1-2H3/t2*5-/m10/s1. The van der Waals surface area contributed by atoms with Gasteiger partial charge in [-0.3, -0.25) is 0 Å². The number of thioether (sulfide) groups is 4. The highest BCUT2D eigenvalue weighted by Crippen LogP contribution is 2.10. The third-order valence-electron chi connectivity index (χ3n) is 1.78. The zero-order valence-corrected chi connectivity index (χ0v) is 13.8. The quantitative estimate of drug-likeness (QED) is 0.716. The largest absolute Gasteiger partial charge is 0.395 e. The van der Waals surface area contributed by atoms with E-state index in [1.807, 2.05) is 12.5 Å². The third-order valence-corrected chi connectivity index (χ3v) is 5.64. The van der Waals surface area contributed by atoms with Crippen LogP contribution in [0.2, 0.25) is 0 Å². The van der Waals surface area contributed by atoms with Crippen molar-refractivity contribution in [3.8, 4) is 0 Å². The van der Waals surface area contributed by atoms with Gasteiger partial charge in [0.25, 0.3) is 0 Å². The predicted octanol–water partition coefficient (Wildman–Crippen LogP) is 2.15. The lowest BCUT2D eigenvalue weighted by molar-refractivity contribution is 0.301. The maximum Gasteiger partial charge on any atom is 0.0557 e. The molecule has 0 aromatic rings. The van der Waals surface area contributed by atoms with Gasteiger partial charge in [-0.1, -0.05) is 0 Å². The van der Waals surface area contributed by atoms with Gasteiger partial charge in [-0.05, 0) is 25.0 Å². The van der Waals surface area contributed by atoms with Crippen LogP contribution < -0.4 is 0 Å². The lowest BCUT2D eigenvalue weighted by atomic mass is 10.5. The van der Waals surface area contributed by atoms with E-state index in [9.17, 15) is 0 Å². The van der Waals surface area contributed by atoms with Gasteiger partial charge in [0.2, 0.25) is 0 Å². The Morgan fingerprint density at radius 3 is 1.12 bits per heavy atom. The molecule has 0 amide bonds. The molecule has 2 N–H and O–H groups in total. The maximum atomic E-state index is 8.62. The average molecular weight is 305 g/mol. The predicted molar refractivity (Wildman–Crippen MR) is 85.5 cm³/mol. The van der Waals surface area contributed by atoms with Crippen LogP contribution in [0.5, 0.6) is 0 Å². The van der Waals surface area contributed by atoms with Crippen molar-refractivity contribution in [2.45, 2.75) is 10.5 Å². The molecule has 0 unspecified atom stereocenters. The molecule has 0 aromatic carbocycles. The Bertz CT molecular complexity index is 105. The van der Waals surface area contributed by atoms with Crippen molar-refractivity contribution in [2.24, 2.45) is 0 Å². The third kappa shape index (κ3) is 13.4. The number of aliphatic hydroxyl groups is 2. The second kappa shape index (κ2) is 16.3. The fourth-order valence-electron chi connectivity index (χ4n) is 0.762. The summed E-state index contributed by atoms with van der Waals surface area (Å²) < 4.78 is 0.